The van der Waals surface area contributed by atoms with Crippen molar-refractivity contribution in [2.24, 2.45) is 0 Å². The van der Waals surface area contributed by atoms with E-state index in [1.165, 1.54) is 25.3 Å². The molecule has 0 aliphatic heterocycles. The second-order valence-electron chi connectivity index (χ2n) is 6.79. The number of carbonyl (C=O) groups is 1. The number of methoxy groups -OCH3 is 1. The van der Waals surface area contributed by atoms with Crippen LogP contribution in [-0.2, 0) is 9.84 Å². The van der Waals surface area contributed by atoms with Crippen molar-refractivity contribution in [2.75, 3.05) is 12.4 Å². The van der Waals surface area contributed by atoms with Gasteiger partial charge in [0, 0.05) is 22.7 Å². The van der Waals surface area contributed by atoms with E-state index in [4.69, 9.17) is 9.15 Å². The molecular formula is C23H16FNO6S. The van der Waals surface area contributed by atoms with E-state index in [-0.39, 0.29) is 21.4 Å². The van der Waals surface area contributed by atoms with Gasteiger partial charge in [-0.05, 0) is 60.7 Å². The summed E-state index contributed by atoms with van der Waals surface area (Å²) in [4.78, 5) is 24.1. The highest BCUT2D eigenvalue weighted by molar-refractivity contribution is 7.91. The molecule has 3 aromatic carbocycles. The summed E-state index contributed by atoms with van der Waals surface area (Å²) in [6, 6.07) is 16.3. The van der Waals surface area contributed by atoms with Crippen molar-refractivity contribution in [1.29, 1.82) is 0 Å². The average Bonchev–Trinajstić information content (AvgIpc) is 2.78. The number of carbonyl (C=O) groups excluding carboxylic acids is 1. The van der Waals surface area contributed by atoms with Crippen LogP contribution in [0.15, 0.2) is 91.8 Å². The maximum absolute atomic E-state index is 13.2. The molecule has 0 aliphatic rings. The van der Waals surface area contributed by atoms with Gasteiger partial charge in [0.05, 0.1) is 12.0 Å². The van der Waals surface area contributed by atoms with E-state index in [2.05, 4.69) is 5.32 Å². The summed E-state index contributed by atoms with van der Waals surface area (Å²) in [5, 5.41) is 2.96. The molecule has 0 bridgehead atoms. The number of rotatable bonds is 5. The predicted molar refractivity (Wildman–Crippen MR) is 115 cm³/mol. The molecule has 1 amide bonds. The van der Waals surface area contributed by atoms with Gasteiger partial charge in [0.25, 0.3) is 5.91 Å². The molecule has 4 aromatic rings. The predicted octanol–water partition coefficient (Wildman–Crippen LogP) is 4.03. The molecule has 1 heterocycles. The van der Waals surface area contributed by atoms with Crippen LogP contribution < -0.4 is 15.7 Å². The van der Waals surface area contributed by atoms with E-state index >= 15 is 0 Å². The van der Waals surface area contributed by atoms with Crippen LogP contribution in [0.4, 0.5) is 10.1 Å². The third-order valence-corrected chi connectivity index (χ3v) is 6.46. The largest absolute Gasteiger partial charge is 0.497 e. The minimum Gasteiger partial charge on any atom is -0.497 e. The van der Waals surface area contributed by atoms with Crippen LogP contribution in [0.5, 0.6) is 5.75 Å². The summed E-state index contributed by atoms with van der Waals surface area (Å²) in [5.41, 5.74) is -0.214. The quantitative estimate of drug-likeness (QED) is 0.362. The highest BCUT2D eigenvalue weighted by atomic mass is 32.2. The molecule has 0 radical (unpaired) electrons. The molecule has 0 spiro atoms. The Hall–Kier alpha value is -3.98. The summed E-state index contributed by atoms with van der Waals surface area (Å²) in [7, 11) is -2.75. The lowest BCUT2D eigenvalue weighted by Gasteiger charge is -2.08. The molecule has 1 aromatic heterocycles. The molecule has 0 saturated carbocycles. The second kappa shape index (κ2) is 8.27. The van der Waals surface area contributed by atoms with E-state index < -0.39 is 32.1 Å². The van der Waals surface area contributed by atoms with Gasteiger partial charge in [0.2, 0.25) is 9.84 Å². The standard InChI is InChI=1S/C23H16FNO6S/c1-30-18-4-2-3-17(13-18)25-22(26)14-5-10-20-15(11-14)12-21(23(27)31-20)32(28,29)19-8-6-16(24)7-9-19/h2-13H,1H3,(H,25,26). The number of benzene rings is 3. The summed E-state index contributed by atoms with van der Waals surface area (Å²) >= 11 is 0. The second-order valence-corrected chi connectivity index (χ2v) is 8.71. The first kappa shape index (κ1) is 21.3. The Balaban J connectivity index is 1.72. The van der Waals surface area contributed by atoms with E-state index in [0.717, 1.165) is 30.3 Å². The zero-order valence-corrected chi connectivity index (χ0v) is 17.5. The number of ether oxygens (including phenoxy) is 1. The first-order valence-corrected chi connectivity index (χ1v) is 10.8. The van der Waals surface area contributed by atoms with Crippen molar-refractivity contribution in [3.63, 3.8) is 0 Å². The first-order chi connectivity index (χ1) is 15.3. The molecule has 0 saturated heterocycles. The number of sulfone groups is 1. The third kappa shape index (κ3) is 4.10. The minimum atomic E-state index is -4.25. The Labute approximate surface area is 182 Å². The van der Waals surface area contributed by atoms with Crippen LogP contribution in [0.1, 0.15) is 10.4 Å². The van der Waals surface area contributed by atoms with E-state index in [1.54, 1.807) is 24.3 Å². The Morgan fingerprint density at radius 3 is 2.47 bits per heavy atom. The number of fused-ring (bicyclic) bond motifs is 1. The van der Waals surface area contributed by atoms with Gasteiger partial charge >= 0.3 is 5.63 Å². The molecular weight excluding hydrogens is 437 g/mol. The van der Waals surface area contributed by atoms with Crippen molar-refractivity contribution < 1.29 is 26.8 Å². The van der Waals surface area contributed by atoms with Crippen LogP contribution in [0.2, 0.25) is 0 Å². The fraction of sp³-hybridized carbons (Fsp3) is 0.0435. The summed E-state index contributed by atoms with van der Waals surface area (Å²) in [6.45, 7) is 0. The van der Waals surface area contributed by atoms with Crippen LogP contribution in [0, 0.1) is 5.82 Å². The van der Waals surface area contributed by atoms with Crippen molar-refractivity contribution in [3.8, 4) is 5.75 Å². The summed E-state index contributed by atoms with van der Waals surface area (Å²) < 4.78 is 49.2. The van der Waals surface area contributed by atoms with Crippen molar-refractivity contribution >= 4 is 32.4 Å². The number of halogens is 1. The van der Waals surface area contributed by atoms with Gasteiger partial charge in [-0.1, -0.05) is 6.07 Å². The lowest BCUT2D eigenvalue weighted by Crippen LogP contribution is -2.15. The van der Waals surface area contributed by atoms with Gasteiger partial charge < -0.3 is 14.5 Å². The van der Waals surface area contributed by atoms with Gasteiger partial charge in [0.1, 0.15) is 17.1 Å². The normalized spacial score (nSPS) is 11.3. The molecule has 4 rings (SSSR count). The number of hydrogen-bond donors (Lipinski definition) is 1. The van der Waals surface area contributed by atoms with Gasteiger partial charge in [-0.2, -0.15) is 0 Å². The summed E-state index contributed by atoms with van der Waals surface area (Å²) in [5.74, 6) is -0.491. The lowest BCUT2D eigenvalue weighted by molar-refractivity contribution is 0.102. The Morgan fingerprint density at radius 1 is 1.00 bits per heavy atom. The minimum absolute atomic E-state index is 0.117. The summed E-state index contributed by atoms with van der Waals surface area (Å²) in [6.07, 6.45) is 0. The molecule has 0 atom stereocenters. The maximum atomic E-state index is 13.2. The van der Waals surface area contributed by atoms with E-state index in [0.29, 0.717) is 11.4 Å². The molecule has 32 heavy (non-hydrogen) atoms. The van der Waals surface area contributed by atoms with E-state index in [1.807, 2.05) is 0 Å². The number of nitrogens with one attached hydrogen (secondary N) is 1. The molecule has 162 valence electrons. The molecule has 0 fully saturated rings. The van der Waals surface area contributed by atoms with Crippen LogP contribution in [0.25, 0.3) is 11.0 Å². The Bertz CT molecular complexity index is 1490. The SMILES string of the molecule is COc1cccc(NC(=O)c2ccc3oc(=O)c(S(=O)(=O)c4ccc(F)cc4)cc3c2)c1. The third-order valence-electron chi connectivity index (χ3n) is 4.70. The fourth-order valence-electron chi connectivity index (χ4n) is 3.08. The van der Waals surface area contributed by atoms with Crippen molar-refractivity contribution in [3.05, 3.63) is 94.6 Å². The topological polar surface area (TPSA) is 103 Å². The fourth-order valence-corrected chi connectivity index (χ4v) is 4.37. The number of hydrogen-bond acceptors (Lipinski definition) is 6. The molecule has 7 nitrogen and oxygen atoms in total. The van der Waals surface area contributed by atoms with Gasteiger partial charge in [-0.25, -0.2) is 17.6 Å². The zero-order valence-electron chi connectivity index (χ0n) is 16.7. The Kier molecular flexibility index (Phi) is 5.50. The number of amides is 1. The lowest BCUT2D eigenvalue weighted by atomic mass is 10.1. The maximum Gasteiger partial charge on any atom is 0.355 e. The monoisotopic (exact) mass is 453 g/mol. The van der Waals surface area contributed by atoms with Crippen LogP contribution >= 0.6 is 0 Å². The van der Waals surface area contributed by atoms with Gasteiger partial charge in [0.15, 0.2) is 4.90 Å². The Morgan fingerprint density at radius 2 is 1.75 bits per heavy atom. The van der Waals surface area contributed by atoms with Gasteiger partial charge in [-0.3, -0.25) is 4.79 Å². The van der Waals surface area contributed by atoms with Crippen LogP contribution in [-0.4, -0.2) is 21.4 Å². The zero-order chi connectivity index (χ0) is 22.9. The molecule has 1 N–H and O–H groups in total. The van der Waals surface area contributed by atoms with Crippen LogP contribution in [0.3, 0.4) is 0 Å². The highest BCUT2D eigenvalue weighted by Gasteiger charge is 2.23. The molecule has 0 aliphatic carbocycles. The van der Waals surface area contributed by atoms with Gasteiger partial charge in [-0.15, -0.1) is 0 Å². The first-order valence-electron chi connectivity index (χ1n) is 9.32. The number of anilines is 1. The highest BCUT2D eigenvalue weighted by Crippen LogP contribution is 2.24. The van der Waals surface area contributed by atoms with Crippen molar-refractivity contribution in [1.82, 2.24) is 0 Å². The molecule has 0 unspecified atom stereocenters. The average molecular weight is 453 g/mol. The molecule has 9 heteroatoms. The smallest absolute Gasteiger partial charge is 0.355 e. The van der Waals surface area contributed by atoms with E-state index in [9.17, 15) is 22.4 Å². The van der Waals surface area contributed by atoms with Crippen molar-refractivity contribution in [2.45, 2.75) is 9.79 Å².